The highest BCUT2D eigenvalue weighted by atomic mass is 19.4. The Hall–Kier alpha value is -1.77. The van der Waals surface area contributed by atoms with Gasteiger partial charge in [-0.3, -0.25) is 4.68 Å². The van der Waals surface area contributed by atoms with E-state index in [4.69, 9.17) is 4.74 Å². The predicted molar refractivity (Wildman–Crippen MR) is 74.8 cm³/mol. The lowest BCUT2D eigenvalue weighted by atomic mass is 9.78. The summed E-state index contributed by atoms with van der Waals surface area (Å²) in [7, 11) is 1.49. The van der Waals surface area contributed by atoms with Gasteiger partial charge in [-0.2, -0.15) is 18.3 Å². The minimum absolute atomic E-state index is 0.175. The zero-order valence-electron chi connectivity index (χ0n) is 13.4. The molecule has 9 heteroatoms. The second kappa shape index (κ2) is 5.40. The van der Waals surface area contributed by atoms with E-state index in [1.807, 2.05) is 0 Å². The first kappa shape index (κ1) is 17.6. The maximum Gasteiger partial charge on any atom is 0.410 e. The molecule has 0 bridgehead atoms. The molecule has 1 fully saturated rings. The average Bonchev–Trinajstić information content (AvgIpc) is 2.90. The zero-order valence-corrected chi connectivity index (χ0v) is 13.4. The number of rotatable bonds is 1. The van der Waals surface area contributed by atoms with Gasteiger partial charge in [0.15, 0.2) is 0 Å². The van der Waals surface area contributed by atoms with Crippen molar-refractivity contribution >= 4 is 6.09 Å². The summed E-state index contributed by atoms with van der Waals surface area (Å²) in [6.45, 7) is 3.70. The first-order valence-corrected chi connectivity index (χ1v) is 7.09. The molecule has 1 amide bonds. The van der Waals surface area contributed by atoms with E-state index in [0.29, 0.717) is 0 Å². The number of carbonyl (C=O) groups excluding carboxylic acids is 1. The summed E-state index contributed by atoms with van der Waals surface area (Å²) < 4.78 is 47.6. The third-order valence-electron chi connectivity index (χ3n) is 3.78. The monoisotopic (exact) mass is 335 g/mol. The van der Waals surface area contributed by atoms with Crippen molar-refractivity contribution < 1.29 is 27.8 Å². The van der Waals surface area contributed by atoms with Crippen molar-refractivity contribution in [2.24, 2.45) is 7.05 Å². The highest BCUT2D eigenvalue weighted by molar-refractivity contribution is 5.69. The number of halogens is 3. The lowest BCUT2D eigenvalue weighted by molar-refractivity contribution is -0.206. The number of aromatic nitrogens is 2. The van der Waals surface area contributed by atoms with Crippen molar-refractivity contribution in [1.82, 2.24) is 14.7 Å². The maximum atomic E-state index is 13.8. The van der Waals surface area contributed by atoms with Crippen LogP contribution in [-0.4, -0.2) is 56.9 Å². The molecule has 0 spiro atoms. The lowest BCUT2D eigenvalue weighted by Crippen LogP contribution is -2.51. The molecular formula is C14H20F3N3O3. The predicted octanol–water partition coefficient (Wildman–Crippen LogP) is 1.83. The van der Waals surface area contributed by atoms with Gasteiger partial charge in [-0.25, -0.2) is 4.79 Å². The van der Waals surface area contributed by atoms with Crippen LogP contribution in [0.2, 0.25) is 0 Å². The second-order valence-electron chi connectivity index (χ2n) is 6.75. The van der Waals surface area contributed by atoms with Gasteiger partial charge in [-0.1, -0.05) is 0 Å². The van der Waals surface area contributed by atoms with Crippen molar-refractivity contribution in [3.63, 3.8) is 0 Å². The fourth-order valence-corrected chi connectivity index (χ4v) is 2.68. The van der Waals surface area contributed by atoms with Crippen LogP contribution in [0.25, 0.3) is 0 Å². The van der Waals surface area contributed by atoms with Gasteiger partial charge in [0.05, 0.1) is 18.8 Å². The number of alkyl halides is 3. The summed E-state index contributed by atoms with van der Waals surface area (Å²) in [5, 5.41) is 13.9. The van der Waals surface area contributed by atoms with E-state index in [2.05, 4.69) is 5.10 Å². The second-order valence-corrected chi connectivity index (χ2v) is 6.75. The highest BCUT2D eigenvalue weighted by Gasteiger charge is 2.65. The first-order valence-electron chi connectivity index (χ1n) is 7.09. The third kappa shape index (κ3) is 3.15. The Morgan fingerprint density at radius 1 is 1.43 bits per heavy atom. The molecule has 23 heavy (non-hydrogen) atoms. The summed E-state index contributed by atoms with van der Waals surface area (Å²) in [6, 6.07) is 0. The number of hydrogen-bond donors (Lipinski definition) is 1. The highest BCUT2D eigenvalue weighted by Crippen LogP contribution is 2.47. The summed E-state index contributed by atoms with van der Waals surface area (Å²) >= 11 is 0. The molecular weight excluding hydrogens is 315 g/mol. The number of β-amino-alcohol motifs (C(OH)–C–C–N with tert-alkyl or cyclic N) is 1. The van der Waals surface area contributed by atoms with E-state index in [-0.39, 0.29) is 5.56 Å². The van der Waals surface area contributed by atoms with E-state index in [1.54, 1.807) is 20.8 Å². The Kier molecular flexibility index (Phi) is 4.13. The molecule has 2 heterocycles. The number of nitrogens with zero attached hydrogens (tertiary/aromatic N) is 3. The molecule has 2 atom stereocenters. The molecule has 1 aromatic heterocycles. The van der Waals surface area contributed by atoms with E-state index in [0.717, 1.165) is 11.1 Å². The Balaban J connectivity index is 2.36. The Morgan fingerprint density at radius 3 is 2.48 bits per heavy atom. The molecule has 1 saturated heterocycles. The Morgan fingerprint density at radius 2 is 2.04 bits per heavy atom. The van der Waals surface area contributed by atoms with Crippen molar-refractivity contribution in [2.75, 3.05) is 13.1 Å². The molecule has 1 aromatic rings. The molecule has 1 aliphatic rings. The van der Waals surface area contributed by atoms with Gasteiger partial charge in [0.2, 0.25) is 0 Å². The summed E-state index contributed by atoms with van der Waals surface area (Å²) in [5.41, 5.74) is -3.58. The number of aryl methyl sites for hydroxylation is 1. The number of ether oxygens (including phenoxy) is 1. The van der Waals surface area contributed by atoms with Crippen LogP contribution in [-0.2, 0) is 17.2 Å². The van der Waals surface area contributed by atoms with E-state index in [9.17, 15) is 23.1 Å². The molecule has 0 saturated carbocycles. The average molecular weight is 335 g/mol. The Labute approximate surface area is 131 Å². The van der Waals surface area contributed by atoms with Crippen molar-refractivity contribution in [3.8, 4) is 0 Å². The fraction of sp³-hybridized carbons (Fsp3) is 0.714. The van der Waals surface area contributed by atoms with Crippen molar-refractivity contribution in [3.05, 3.63) is 18.0 Å². The minimum Gasteiger partial charge on any atom is -0.444 e. The lowest BCUT2D eigenvalue weighted by Gasteiger charge is -2.33. The molecule has 0 aromatic carbocycles. The molecule has 1 aliphatic heterocycles. The SMILES string of the molecule is Cn1cc(C2(C(F)(F)F)CN(C(=O)OC(C)(C)C)CC2O)cn1. The summed E-state index contributed by atoms with van der Waals surface area (Å²) in [6.07, 6.45) is -5.15. The number of aliphatic hydroxyl groups excluding tert-OH is 1. The first-order chi connectivity index (χ1) is 10.4. The number of carbonyl (C=O) groups is 1. The molecule has 1 N–H and O–H groups in total. The van der Waals surface area contributed by atoms with Crippen LogP contribution in [0.1, 0.15) is 26.3 Å². The van der Waals surface area contributed by atoms with Gasteiger partial charge in [0.25, 0.3) is 0 Å². The van der Waals surface area contributed by atoms with Gasteiger partial charge < -0.3 is 14.7 Å². The van der Waals surface area contributed by atoms with Gasteiger partial charge in [0, 0.05) is 25.4 Å². The van der Waals surface area contributed by atoms with E-state index >= 15 is 0 Å². The largest absolute Gasteiger partial charge is 0.444 e. The zero-order chi connectivity index (χ0) is 17.6. The number of hydrogen-bond acceptors (Lipinski definition) is 4. The third-order valence-corrected chi connectivity index (χ3v) is 3.78. The van der Waals surface area contributed by atoms with Crippen LogP contribution < -0.4 is 0 Å². The van der Waals surface area contributed by atoms with Crippen LogP contribution in [0.5, 0.6) is 0 Å². The molecule has 0 radical (unpaired) electrons. The number of amides is 1. The molecule has 0 aliphatic carbocycles. The van der Waals surface area contributed by atoms with Crippen LogP contribution in [0.3, 0.4) is 0 Å². The van der Waals surface area contributed by atoms with Crippen LogP contribution in [0, 0.1) is 0 Å². The van der Waals surface area contributed by atoms with Gasteiger partial charge in [-0.05, 0) is 20.8 Å². The van der Waals surface area contributed by atoms with Crippen molar-refractivity contribution in [1.29, 1.82) is 0 Å². The van der Waals surface area contributed by atoms with Gasteiger partial charge >= 0.3 is 12.3 Å². The molecule has 2 unspecified atom stereocenters. The normalized spacial score (nSPS) is 25.7. The van der Waals surface area contributed by atoms with Crippen LogP contribution >= 0.6 is 0 Å². The number of aliphatic hydroxyl groups is 1. The number of likely N-dealkylation sites (tertiary alicyclic amines) is 1. The van der Waals surface area contributed by atoms with Crippen LogP contribution in [0.4, 0.5) is 18.0 Å². The van der Waals surface area contributed by atoms with E-state index < -0.39 is 42.5 Å². The van der Waals surface area contributed by atoms with E-state index in [1.165, 1.54) is 17.9 Å². The summed E-state index contributed by atoms with van der Waals surface area (Å²) in [4.78, 5) is 12.9. The summed E-state index contributed by atoms with van der Waals surface area (Å²) in [5.74, 6) is 0. The van der Waals surface area contributed by atoms with Crippen molar-refractivity contribution in [2.45, 2.75) is 44.1 Å². The fourth-order valence-electron chi connectivity index (χ4n) is 2.68. The maximum absolute atomic E-state index is 13.8. The topological polar surface area (TPSA) is 67.6 Å². The van der Waals surface area contributed by atoms with Gasteiger partial charge in [-0.15, -0.1) is 0 Å². The standard InChI is InChI=1S/C14H20F3N3O3/c1-12(2,3)23-11(22)20-7-10(21)13(8-20,14(15,16)17)9-5-18-19(4)6-9/h5-6,10,21H,7-8H2,1-4H3. The molecule has 130 valence electrons. The minimum atomic E-state index is -4.74. The smallest absolute Gasteiger partial charge is 0.410 e. The Bertz CT molecular complexity index is 594. The van der Waals surface area contributed by atoms with Crippen LogP contribution in [0.15, 0.2) is 12.4 Å². The quantitative estimate of drug-likeness (QED) is 0.850. The molecule has 2 rings (SSSR count). The molecule has 6 nitrogen and oxygen atoms in total. The van der Waals surface area contributed by atoms with Gasteiger partial charge in [0.1, 0.15) is 11.0 Å².